The second-order valence-electron chi connectivity index (χ2n) is 22.5. The lowest BCUT2D eigenvalue weighted by Gasteiger charge is -2.29. The first-order valence-corrected chi connectivity index (χ1v) is 25.5. The number of alkyl halides is 4. The maximum Gasteiger partial charge on any atom is 0.118 e. The van der Waals surface area contributed by atoms with Crippen LogP contribution >= 0.6 is 0 Å². The fourth-order valence-corrected chi connectivity index (χ4v) is 15.4. The van der Waals surface area contributed by atoms with Crippen LogP contribution < -0.4 is 58.5 Å². The molecule has 22 unspecified atom stereocenters. The van der Waals surface area contributed by atoms with E-state index >= 15 is 13.2 Å². The number of rotatable bonds is 10. The van der Waals surface area contributed by atoms with E-state index in [1.807, 2.05) is 6.92 Å². The molecular weight excluding hydrogens is 783 g/mol. The molecule has 346 valence electrons. The minimum absolute atomic E-state index is 0.0654. The van der Waals surface area contributed by atoms with Crippen molar-refractivity contribution < 1.29 is 17.6 Å². The predicted octanol–water partition coefficient (Wildman–Crippen LogP) is 2.14. The van der Waals surface area contributed by atoms with E-state index < -0.39 is 24.7 Å². The molecule has 11 N–H and O–H groups in total. The predicted molar refractivity (Wildman–Crippen MR) is 232 cm³/mol. The molecule has 11 heterocycles. The summed E-state index contributed by atoms with van der Waals surface area (Å²) >= 11 is 0. The molecule has 0 amide bonds. The fraction of sp³-hybridized carbons (Fsp3) is 1.00. The van der Waals surface area contributed by atoms with E-state index in [0.29, 0.717) is 74.0 Å². The Balaban J connectivity index is 0.605. The van der Waals surface area contributed by atoms with E-state index in [2.05, 4.69) is 65.4 Å². The Morgan fingerprint density at radius 2 is 0.492 bits per heavy atom. The van der Waals surface area contributed by atoms with Crippen LogP contribution in [-0.2, 0) is 0 Å². The van der Waals surface area contributed by atoms with Crippen LogP contribution in [-0.4, -0.2) is 158 Å². The highest BCUT2D eigenvalue weighted by atomic mass is 19.1. The van der Waals surface area contributed by atoms with Gasteiger partial charge in [-0.2, -0.15) is 0 Å². The second-order valence-corrected chi connectivity index (χ2v) is 22.5. The highest BCUT2D eigenvalue weighted by Gasteiger charge is 2.51. The molecule has 61 heavy (non-hydrogen) atoms. The molecule has 11 rings (SSSR count). The van der Waals surface area contributed by atoms with Gasteiger partial charge in [0.25, 0.3) is 0 Å². The summed E-state index contributed by atoms with van der Waals surface area (Å²) in [5.74, 6) is 0. The maximum atomic E-state index is 15.8. The zero-order chi connectivity index (χ0) is 41.5. The molecule has 0 aliphatic carbocycles. The number of halogens is 4. The number of hydrogen-bond donors (Lipinski definition) is 11. The third-order valence-corrected chi connectivity index (χ3v) is 18.7. The number of nitrogens with one attached hydrogen (secondary N) is 11. The van der Waals surface area contributed by atoms with Crippen LogP contribution in [0.1, 0.15) is 129 Å². The quantitative estimate of drug-likeness (QED) is 0.148. The standard InChI is InChI=1S/C46H79F4N11/c1-21-3-4-37(51-21)44-24(48)18-42(59-44)35-11-12-36(56-35)43-20-26(50)46(61-43)38-15-13-31(57-38)29-6-5-27(53-29)28-8-10-34(55-28)41-19-25(49)45(60-41)39-16-14-32(58-39)30-7-9-33(54-30)40-17-23(47)22(2)52-40/h21-46,51-61H,3-20H2,1-2H3/t21?,22?,23-,24-,25-,26-,27?,28?,29?,30?,31?,32?,33?,34?,35?,36?,37?,38?,39?,40?,41?,42?,43?,44?,45?,46?/m1/s1. The smallest absolute Gasteiger partial charge is 0.118 e. The zero-order valence-corrected chi connectivity index (χ0v) is 36.8. The van der Waals surface area contributed by atoms with Crippen molar-refractivity contribution in [1.29, 1.82) is 0 Å². The van der Waals surface area contributed by atoms with Gasteiger partial charge < -0.3 is 58.5 Å². The Bertz CT molecular complexity index is 1490. The highest BCUT2D eigenvalue weighted by Crippen LogP contribution is 2.37. The first-order chi connectivity index (χ1) is 29.6. The van der Waals surface area contributed by atoms with E-state index in [9.17, 15) is 4.39 Å². The van der Waals surface area contributed by atoms with Crippen LogP contribution in [0, 0.1) is 0 Å². The Hall–Kier alpha value is -0.720. The average molecular weight is 862 g/mol. The van der Waals surface area contributed by atoms with E-state index in [4.69, 9.17) is 0 Å². The van der Waals surface area contributed by atoms with Gasteiger partial charge in [0.05, 0.1) is 18.1 Å². The lowest BCUT2D eigenvalue weighted by molar-refractivity contribution is 0.257. The Kier molecular flexibility index (Phi) is 12.5. The SMILES string of the molecule is CC1CCC(C2NC(C3CCC(C4C[C@@H](F)C(C5CCC(C6CCC(C7CCC(C8C[C@@H](F)C(C9CCC(C%10CCC(C%11C[C@@H](F)C(C)N%11)N%10)N9)N8)N7)N6)N5)N4)N3)C[C@H]2F)N1. The van der Waals surface area contributed by atoms with Gasteiger partial charge in [0.1, 0.15) is 24.7 Å². The van der Waals surface area contributed by atoms with Crippen molar-refractivity contribution in [2.45, 2.75) is 287 Å². The van der Waals surface area contributed by atoms with Crippen molar-refractivity contribution in [3.05, 3.63) is 0 Å². The van der Waals surface area contributed by atoms with Crippen molar-refractivity contribution in [3.8, 4) is 0 Å². The molecule has 0 aromatic rings. The van der Waals surface area contributed by atoms with Crippen LogP contribution in [0.4, 0.5) is 17.6 Å². The first kappa shape index (κ1) is 42.9. The molecule has 11 aliphatic rings. The van der Waals surface area contributed by atoms with E-state index in [-0.39, 0.29) is 84.6 Å². The summed E-state index contributed by atoms with van der Waals surface area (Å²) in [5, 5.41) is 41.7. The van der Waals surface area contributed by atoms with Gasteiger partial charge in [0.2, 0.25) is 0 Å². The Morgan fingerprint density at radius 1 is 0.246 bits per heavy atom. The van der Waals surface area contributed by atoms with Crippen LogP contribution in [0.2, 0.25) is 0 Å². The molecule has 11 nitrogen and oxygen atoms in total. The lowest BCUT2D eigenvalue weighted by atomic mass is 10.0. The second kappa shape index (κ2) is 17.8. The highest BCUT2D eigenvalue weighted by molar-refractivity contribution is 5.13. The largest absolute Gasteiger partial charge is 0.310 e. The van der Waals surface area contributed by atoms with Gasteiger partial charge in [-0.25, -0.2) is 17.6 Å². The normalized spacial score (nSPS) is 57.7. The third kappa shape index (κ3) is 8.61. The van der Waals surface area contributed by atoms with Crippen molar-refractivity contribution in [2.75, 3.05) is 0 Å². The molecule has 0 aromatic carbocycles. The lowest BCUT2D eigenvalue weighted by Crippen LogP contribution is -2.56. The summed E-state index contributed by atoms with van der Waals surface area (Å²) in [7, 11) is 0. The molecule has 0 saturated carbocycles. The molecule has 11 saturated heterocycles. The molecule has 0 spiro atoms. The molecule has 26 atom stereocenters. The summed E-state index contributed by atoms with van der Waals surface area (Å²) in [6, 6.07) is 4.44. The minimum Gasteiger partial charge on any atom is -0.310 e. The monoisotopic (exact) mass is 862 g/mol. The minimum atomic E-state index is -0.864. The van der Waals surface area contributed by atoms with Crippen molar-refractivity contribution >= 4 is 0 Å². The van der Waals surface area contributed by atoms with E-state index in [1.54, 1.807) is 0 Å². The van der Waals surface area contributed by atoms with Gasteiger partial charge in [0.15, 0.2) is 0 Å². The van der Waals surface area contributed by atoms with Crippen LogP contribution in [0.3, 0.4) is 0 Å². The summed E-state index contributed by atoms with van der Waals surface area (Å²) in [6.45, 7) is 4.14. The molecule has 0 aromatic heterocycles. The van der Waals surface area contributed by atoms with Gasteiger partial charge >= 0.3 is 0 Å². The summed E-state index contributed by atoms with van der Waals surface area (Å²) < 4.78 is 61.0. The van der Waals surface area contributed by atoms with Crippen molar-refractivity contribution in [2.24, 2.45) is 0 Å². The molecule has 0 bridgehead atoms. The summed E-state index contributed by atoms with van der Waals surface area (Å²) in [5.41, 5.74) is 0. The zero-order valence-electron chi connectivity index (χ0n) is 36.8. The molecule has 11 fully saturated rings. The Morgan fingerprint density at radius 3 is 0.787 bits per heavy atom. The topological polar surface area (TPSA) is 132 Å². The summed E-state index contributed by atoms with van der Waals surface area (Å²) in [4.78, 5) is 0. The fourth-order valence-electron chi connectivity index (χ4n) is 15.4. The van der Waals surface area contributed by atoms with Crippen LogP contribution in [0.15, 0.2) is 0 Å². The van der Waals surface area contributed by atoms with E-state index in [0.717, 1.165) is 89.9 Å². The van der Waals surface area contributed by atoms with Gasteiger partial charge in [-0.05, 0) is 129 Å². The van der Waals surface area contributed by atoms with Crippen LogP contribution in [0.25, 0.3) is 0 Å². The molecule has 11 aliphatic heterocycles. The third-order valence-electron chi connectivity index (χ3n) is 18.7. The first-order valence-electron chi connectivity index (χ1n) is 25.5. The number of hydrogen-bond acceptors (Lipinski definition) is 11. The van der Waals surface area contributed by atoms with Crippen LogP contribution in [0.5, 0.6) is 0 Å². The van der Waals surface area contributed by atoms with Gasteiger partial charge in [-0.3, -0.25) is 0 Å². The van der Waals surface area contributed by atoms with Crippen molar-refractivity contribution in [3.63, 3.8) is 0 Å². The molecule has 15 heteroatoms. The van der Waals surface area contributed by atoms with Gasteiger partial charge in [-0.1, -0.05) is 0 Å². The maximum absolute atomic E-state index is 15.8. The average Bonchev–Trinajstić information content (AvgIpc) is 4.08. The Labute approximate surface area is 362 Å². The summed E-state index contributed by atoms with van der Waals surface area (Å²) in [6.07, 6.45) is 13.9. The van der Waals surface area contributed by atoms with Gasteiger partial charge in [0, 0.05) is 115 Å². The van der Waals surface area contributed by atoms with Crippen molar-refractivity contribution in [1.82, 2.24) is 58.5 Å². The van der Waals surface area contributed by atoms with Gasteiger partial charge in [-0.15, -0.1) is 0 Å². The van der Waals surface area contributed by atoms with E-state index in [1.165, 1.54) is 0 Å². The molecule has 0 radical (unpaired) electrons. The molecular formula is C46H79F4N11.